The van der Waals surface area contributed by atoms with Gasteiger partial charge < -0.3 is 4.74 Å². The van der Waals surface area contributed by atoms with Crippen LogP contribution in [0, 0.1) is 17.0 Å². The lowest BCUT2D eigenvalue weighted by Gasteiger charge is -2.23. The molecule has 0 amide bonds. The van der Waals surface area contributed by atoms with Crippen LogP contribution in [0.1, 0.15) is 27.8 Å². The predicted octanol–water partition coefficient (Wildman–Crippen LogP) is 5.17. The Morgan fingerprint density at radius 3 is 2.42 bits per heavy atom. The van der Waals surface area contributed by atoms with Crippen molar-refractivity contribution in [3.05, 3.63) is 111 Å². The van der Waals surface area contributed by atoms with Crippen LogP contribution in [0.3, 0.4) is 0 Å². The number of nitrogens with zero attached hydrogens (tertiary/aromatic N) is 5. The van der Waals surface area contributed by atoms with E-state index in [9.17, 15) is 10.1 Å². The van der Waals surface area contributed by atoms with Crippen LogP contribution >= 0.6 is 11.8 Å². The van der Waals surface area contributed by atoms with E-state index in [-0.39, 0.29) is 17.5 Å². The second kappa shape index (κ2) is 8.87. The average molecular weight is 458 g/mol. The summed E-state index contributed by atoms with van der Waals surface area (Å²) in [6, 6.07) is 24.2. The minimum Gasteiger partial charge on any atom is -0.486 e. The van der Waals surface area contributed by atoms with E-state index in [1.54, 1.807) is 16.8 Å². The number of fused-ring (bicyclic) bond motifs is 1. The first kappa shape index (κ1) is 20.9. The fourth-order valence-corrected chi connectivity index (χ4v) is 4.61. The summed E-state index contributed by atoms with van der Waals surface area (Å²) in [6.45, 7) is 2.25. The topological polar surface area (TPSA) is 95.4 Å². The van der Waals surface area contributed by atoms with Gasteiger partial charge in [-0.15, -0.1) is 10.2 Å². The maximum atomic E-state index is 11.1. The van der Waals surface area contributed by atoms with Gasteiger partial charge in [0.25, 0.3) is 5.69 Å². The first-order valence-electron chi connectivity index (χ1n) is 10.3. The van der Waals surface area contributed by atoms with Crippen molar-refractivity contribution in [1.29, 1.82) is 0 Å². The van der Waals surface area contributed by atoms with Crippen molar-refractivity contribution in [1.82, 2.24) is 14.9 Å². The first-order valence-corrected chi connectivity index (χ1v) is 11.2. The van der Waals surface area contributed by atoms with Crippen molar-refractivity contribution in [2.75, 3.05) is 0 Å². The third kappa shape index (κ3) is 4.35. The van der Waals surface area contributed by atoms with Crippen LogP contribution in [-0.4, -0.2) is 25.5 Å². The van der Waals surface area contributed by atoms with Crippen molar-refractivity contribution in [3.8, 4) is 5.75 Å². The van der Waals surface area contributed by atoms with E-state index in [1.165, 1.54) is 23.9 Å². The smallest absolute Gasteiger partial charge is 0.269 e. The molecule has 0 saturated carbocycles. The van der Waals surface area contributed by atoms with Gasteiger partial charge >= 0.3 is 0 Å². The third-order valence-electron chi connectivity index (χ3n) is 5.22. The molecule has 0 N–H and O–H groups in total. The van der Waals surface area contributed by atoms with E-state index in [0.29, 0.717) is 11.0 Å². The Hall–Kier alpha value is -3.98. The summed E-state index contributed by atoms with van der Waals surface area (Å²) in [4.78, 5) is 10.7. The summed E-state index contributed by atoms with van der Waals surface area (Å²) in [5, 5.41) is 25.0. The summed E-state index contributed by atoms with van der Waals surface area (Å²) in [7, 11) is 0. The zero-order valence-electron chi connectivity index (χ0n) is 17.7. The van der Waals surface area contributed by atoms with Gasteiger partial charge in [0.05, 0.1) is 15.9 Å². The number of aromatic nitrogens is 3. The number of aryl methyl sites for hydroxylation is 1. The van der Waals surface area contributed by atoms with E-state index in [2.05, 4.69) is 10.2 Å². The maximum Gasteiger partial charge on any atom is 0.269 e. The number of thioether (sulfide) groups is 1. The monoisotopic (exact) mass is 457 g/mol. The Kier molecular flexibility index (Phi) is 5.62. The van der Waals surface area contributed by atoms with Gasteiger partial charge in [0.2, 0.25) is 5.16 Å². The van der Waals surface area contributed by atoms with Crippen LogP contribution in [0.25, 0.3) is 0 Å². The molecule has 164 valence electrons. The Bertz CT molecular complexity index is 1320. The van der Waals surface area contributed by atoms with Crippen molar-refractivity contribution < 1.29 is 9.66 Å². The van der Waals surface area contributed by atoms with Crippen LogP contribution in [0.4, 0.5) is 5.69 Å². The van der Waals surface area contributed by atoms with Gasteiger partial charge in [0.1, 0.15) is 12.4 Å². The Morgan fingerprint density at radius 2 is 1.73 bits per heavy atom. The van der Waals surface area contributed by atoms with Gasteiger partial charge in [-0.25, -0.2) is 0 Å². The fourth-order valence-electron chi connectivity index (χ4n) is 3.48. The molecule has 0 unspecified atom stereocenters. The minimum absolute atomic E-state index is 0.0523. The zero-order chi connectivity index (χ0) is 22.8. The highest BCUT2D eigenvalue weighted by atomic mass is 32.2. The van der Waals surface area contributed by atoms with E-state index in [1.807, 2.05) is 61.5 Å². The van der Waals surface area contributed by atoms with Gasteiger partial charge in [0, 0.05) is 12.1 Å². The lowest BCUT2D eigenvalue weighted by molar-refractivity contribution is -0.384. The molecule has 1 aliphatic heterocycles. The van der Waals surface area contributed by atoms with E-state index in [0.717, 1.165) is 28.2 Å². The van der Waals surface area contributed by atoms with E-state index >= 15 is 0 Å². The molecule has 0 radical (unpaired) electrons. The lowest BCUT2D eigenvalue weighted by Crippen LogP contribution is -2.19. The van der Waals surface area contributed by atoms with Crippen LogP contribution < -0.4 is 4.74 Å². The number of nitro groups is 1. The number of hydrogen-bond donors (Lipinski definition) is 0. The fraction of sp³-hybridized carbons (Fsp3) is 0.125. The SMILES string of the molecule is Cc1ccc(OCc2nnc3n2N=C(c2ccccc2)[C@H](c2ccc([N+](=O)[O-])cc2)S3)cc1. The summed E-state index contributed by atoms with van der Waals surface area (Å²) in [5.74, 6) is 1.34. The van der Waals surface area contributed by atoms with Crippen LogP contribution in [0.15, 0.2) is 89.1 Å². The zero-order valence-corrected chi connectivity index (χ0v) is 18.5. The number of hydrogen-bond acceptors (Lipinski definition) is 7. The van der Waals surface area contributed by atoms with Gasteiger partial charge in [0.15, 0.2) is 5.82 Å². The second-order valence-electron chi connectivity index (χ2n) is 7.51. The van der Waals surface area contributed by atoms with Crippen LogP contribution in [-0.2, 0) is 6.61 Å². The molecule has 9 heteroatoms. The lowest BCUT2D eigenvalue weighted by atomic mass is 10.0. The summed E-state index contributed by atoms with van der Waals surface area (Å²) in [6.07, 6.45) is 0. The number of nitro benzene ring substituents is 1. The number of ether oxygens (including phenoxy) is 1. The number of rotatable bonds is 6. The Balaban J connectivity index is 1.49. The largest absolute Gasteiger partial charge is 0.486 e. The van der Waals surface area contributed by atoms with Crippen LogP contribution in [0.5, 0.6) is 5.75 Å². The van der Waals surface area contributed by atoms with Gasteiger partial charge in [-0.05, 0) is 30.2 Å². The molecule has 0 fully saturated rings. The molecule has 8 nitrogen and oxygen atoms in total. The molecule has 0 spiro atoms. The molecule has 2 heterocycles. The van der Waals surface area contributed by atoms with Crippen LogP contribution in [0.2, 0.25) is 0 Å². The Labute approximate surface area is 194 Å². The van der Waals surface area contributed by atoms with Crippen molar-refractivity contribution >= 4 is 23.2 Å². The average Bonchev–Trinajstić information content (AvgIpc) is 3.25. The second-order valence-corrected chi connectivity index (χ2v) is 8.58. The highest BCUT2D eigenvalue weighted by molar-refractivity contribution is 8.00. The molecule has 33 heavy (non-hydrogen) atoms. The molecule has 1 atom stereocenters. The summed E-state index contributed by atoms with van der Waals surface area (Å²) < 4.78 is 7.61. The molecule has 0 aliphatic carbocycles. The summed E-state index contributed by atoms with van der Waals surface area (Å²) in [5.41, 5.74) is 3.89. The summed E-state index contributed by atoms with van der Waals surface area (Å²) >= 11 is 1.50. The van der Waals surface area contributed by atoms with E-state index < -0.39 is 4.92 Å². The molecular weight excluding hydrogens is 438 g/mol. The van der Waals surface area contributed by atoms with Crippen molar-refractivity contribution in [2.24, 2.45) is 5.10 Å². The van der Waals surface area contributed by atoms with Gasteiger partial charge in [-0.1, -0.05) is 71.9 Å². The number of benzene rings is 3. The first-order chi connectivity index (χ1) is 16.1. The minimum atomic E-state index is -0.402. The quantitative estimate of drug-likeness (QED) is 0.293. The van der Waals surface area contributed by atoms with Gasteiger partial charge in [-0.3, -0.25) is 10.1 Å². The molecule has 4 aromatic rings. The number of non-ortho nitro benzene ring substituents is 1. The molecule has 1 aliphatic rings. The molecular formula is C24H19N5O3S. The normalized spacial score (nSPS) is 14.9. The molecule has 3 aromatic carbocycles. The maximum absolute atomic E-state index is 11.1. The van der Waals surface area contributed by atoms with Crippen molar-refractivity contribution in [2.45, 2.75) is 23.9 Å². The predicted molar refractivity (Wildman–Crippen MR) is 126 cm³/mol. The molecule has 0 saturated heterocycles. The van der Waals surface area contributed by atoms with E-state index in [4.69, 9.17) is 9.84 Å². The molecule has 0 bridgehead atoms. The molecule has 5 rings (SSSR count). The highest BCUT2D eigenvalue weighted by Crippen LogP contribution is 2.41. The highest BCUT2D eigenvalue weighted by Gasteiger charge is 2.30. The Morgan fingerprint density at radius 1 is 1.00 bits per heavy atom. The van der Waals surface area contributed by atoms with Crippen molar-refractivity contribution in [3.63, 3.8) is 0 Å². The van der Waals surface area contributed by atoms with Gasteiger partial charge in [-0.2, -0.15) is 9.78 Å². The molecule has 1 aromatic heterocycles. The third-order valence-corrected chi connectivity index (χ3v) is 6.42. The standard InChI is InChI=1S/C24H19N5O3S/c1-16-7-13-20(14-8-16)32-15-21-25-26-24-28(21)27-22(17-5-3-2-4-6-17)23(33-24)18-9-11-19(12-10-18)29(30)31/h2-14,23H,15H2,1H3/t23-/m0/s1.